The number of benzene rings is 1. The summed E-state index contributed by atoms with van der Waals surface area (Å²) in [6.07, 6.45) is -4.07. The zero-order valence-corrected chi connectivity index (χ0v) is 11.7. The minimum absolute atomic E-state index is 0.273. The molecule has 108 valence electrons. The second kappa shape index (κ2) is 4.77. The highest BCUT2D eigenvalue weighted by atomic mass is 32.1. The summed E-state index contributed by atoms with van der Waals surface area (Å²) >= 11 is 0.696. The second-order valence-electron chi connectivity index (χ2n) is 5.35. The Morgan fingerprint density at radius 1 is 1.25 bits per heavy atom. The minimum Gasteiger partial charge on any atom is -0.481 e. The van der Waals surface area contributed by atoms with E-state index in [0.29, 0.717) is 21.4 Å². The van der Waals surface area contributed by atoms with Crippen LogP contribution in [0.2, 0.25) is 0 Å². The maximum atomic E-state index is 12.6. The van der Waals surface area contributed by atoms with Crippen molar-refractivity contribution in [2.24, 2.45) is 5.41 Å². The predicted octanol–water partition coefficient (Wildman–Crippen LogP) is 4.57. The van der Waals surface area contributed by atoms with Gasteiger partial charge in [0.2, 0.25) is 0 Å². The van der Waals surface area contributed by atoms with E-state index in [-0.39, 0.29) is 6.42 Å². The summed E-state index contributed by atoms with van der Waals surface area (Å²) in [5.74, 6) is -0.932. The molecule has 2 rings (SSSR count). The Morgan fingerprint density at radius 3 is 2.45 bits per heavy atom. The first-order chi connectivity index (χ1) is 9.09. The van der Waals surface area contributed by atoms with E-state index in [4.69, 9.17) is 5.11 Å². The van der Waals surface area contributed by atoms with Gasteiger partial charge in [0, 0.05) is 4.70 Å². The lowest BCUT2D eigenvalue weighted by Crippen LogP contribution is -2.26. The van der Waals surface area contributed by atoms with Crippen LogP contribution in [0.5, 0.6) is 0 Å². The first kappa shape index (κ1) is 14.8. The molecular formula is C14H13F3O2S. The van der Waals surface area contributed by atoms with E-state index in [1.807, 2.05) is 0 Å². The van der Waals surface area contributed by atoms with E-state index in [9.17, 15) is 18.0 Å². The molecule has 2 aromatic rings. The van der Waals surface area contributed by atoms with Crippen molar-refractivity contribution in [3.63, 3.8) is 0 Å². The number of fused-ring (bicyclic) bond motifs is 1. The predicted molar refractivity (Wildman–Crippen MR) is 71.9 cm³/mol. The molecule has 1 N–H and O–H groups in total. The number of aliphatic carboxylic acids is 1. The topological polar surface area (TPSA) is 37.3 Å². The zero-order valence-electron chi connectivity index (χ0n) is 10.9. The third-order valence-corrected chi connectivity index (χ3v) is 4.25. The molecule has 0 atom stereocenters. The summed E-state index contributed by atoms with van der Waals surface area (Å²) < 4.78 is 38.5. The second-order valence-corrected chi connectivity index (χ2v) is 6.43. The molecule has 0 radical (unpaired) electrons. The molecular weight excluding hydrogens is 289 g/mol. The van der Waals surface area contributed by atoms with Gasteiger partial charge in [0.15, 0.2) is 0 Å². The fourth-order valence-corrected chi connectivity index (χ4v) is 2.84. The van der Waals surface area contributed by atoms with E-state index in [2.05, 4.69) is 0 Å². The lowest BCUT2D eigenvalue weighted by atomic mass is 9.86. The molecule has 20 heavy (non-hydrogen) atoms. The van der Waals surface area contributed by atoms with Gasteiger partial charge >= 0.3 is 12.1 Å². The number of rotatable bonds is 3. The third-order valence-electron chi connectivity index (χ3n) is 3.09. The van der Waals surface area contributed by atoms with Gasteiger partial charge in [0.25, 0.3) is 0 Å². The molecule has 0 amide bonds. The maximum Gasteiger partial charge on any atom is 0.425 e. The lowest BCUT2D eigenvalue weighted by molar-refractivity contribution is -0.146. The fourth-order valence-electron chi connectivity index (χ4n) is 1.93. The highest BCUT2D eigenvalue weighted by Gasteiger charge is 2.33. The van der Waals surface area contributed by atoms with Crippen molar-refractivity contribution in [1.29, 1.82) is 0 Å². The fraction of sp³-hybridized carbons (Fsp3) is 0.357. The number of alkyl halides is 3. The van der Waals surface area contributed by atoms with E-state index < -0.39 is 22.4 Å². The summed E-state index contributed by atoms with van der Waals surface area (Å²) in [7, 11) is 0. The third kappa shape index (κ3) is 2.95. The van der Waals surface area contributed by atoms with E-state index in [0.717, 1.165) is 11.6 Å². The number of carbonyl (C=O) groups is 1. The number of halogens is 3. The summed E-state index contributed by atoms with van der Waals surface area (Å²) in [5, 5.41) is 9.58. The van der Waals surface area contributed by atoms with Gasteiger partial charge in [-0.25, -0.2) is 0 Å². The first-order valence-electron chi connectivity index (χ1n) is 5.93. The van der Waals surface area contributed by atoms with Crippen LogP contribution in [0, 0.1) is 5.41 Å². The molecule has 6 heteroatoms. The van der Waals surface area contributed by atoms with Crippen LogP contribution in [0.1, 0.15) is 24.3 Å². The number of carboxylic acid groups (broad SMARTS) is 1. The number of carboxylic acids is 1. The van der Waals surface area contributed by atoms with Crippen molar-refractivity contribution in [2.45, 2.75) is 26.4 Å². The minimum atomic E-state index is -4.34. The van der Waals surface area contributed by atoms with Crippen molar-refractivity contribution >= 4 is 27.4 Å². The molecule has 0 spiro atoms. The molecule has 0 aliphatic heterocycles. The van der Waals surface area contributed by atoms with Gasteiger partial charge in [-0.3, -0.25) is 4.79 Å². The maximum absolute atomic E-state index is 12.6. The van der Waals surface area contributed by atoms with E-state index in [1.165, 1.54) is 0 Å². The molecule has 1 aromatic heterocycles. The molecule has 1 heterocycles. The Labute approximate surface area is 117 Å². The Morgan fingerprint density at radius 2 is 1.90 bits per heavy atom. The van der Waals surface area contributed by atoms with Crippen molar-refractivity contribution in [3.8, 4) is 0 Å². The Kier molecular flexibility index (Phi) is 3.54. The van der Waals surface area contributed by atoms with Crippen molar-refractivity contribution in [1.82, 2.24) is 0 Å². The van der Waals surface area contributed by atoms with Gasteiger partial charge in [-0.2, -0.15) is 13.2 Å². The van der Waals surface area contributed by atoms with Crippen LogP contribution in [-0.2, 0) is 17.4 Å². The molecule has 0 saturated carbocycles. The quantitative estimate of drug-likeness (QED) is 0.901. The monoisotopic (exact) mass is 302 g/mol. The molecule has 0 saturated heterocycles. The zero-order chi connectivity index (χ0) is 15.1. The van der Waals surface area contributed by atoms with Crippen molar-refractivity contribution in [2.75, 3.05) is 0 Å². The standard InChI is InChI=1S/C14H13F3O2S/c1-13(2,12(18)19)7-8-3-4-10-9(5-8)6-11(20-10)14(15,16)17/h3-6H,7H2,1-2H3,(H,18,19). The van der Waals surface area contributed by atoms with Crippen LogP contribution >= 0.6 is 11.3 Å². The van der Waals surface area contributed by atoms with Gasteiger partial charge in [0.05, 0.1) is 5.41 Å². The van der Waals surface area contributed by atoms with E-state index >= 15 is 0 Å². The summed E-state index contributed by atoms with van der Waals surface area (Å²) in [6.45, 7) is 3.18. The van der Waals surface area contributed by atoms with Gasteiger partial charge in [-0.15, -0.1) is 11.3 Å². The molecule has 0 aliphatic rings. The van der Waals surface area contributed by atoms with Gasteiger partial charge in [0.1, 0.15) is 4.88 Å². The molecule has 1 aromatic carbocycles. The van der Waals surface area contributed by atoms with E-state index in [1.54, 1.807) is 32.0 Å². The summed E-state index contributed by atoms with van der Waals surface area (Å²) in [4.78, 5) is 10.4. The molecule has 0 bridgehead atoms. The highest BCUT2D eigenvalue weighted by Crippen LogP contribution is 2.38. The normalized spacial score (nSPS) is 12.8. The SMILES string of the molecule is CC(C)(Cc1ccc2sc(C(F)(F)F)cc2c1)C(=O)O. The Hall–Kier alpha value is -1.56. The number of hydrogen-bond donors (Lipinski definition) is 1. The number of hydrogen-bond acceptors (Lipinski definition) is 2. The van der Waals surface area contributed by atoms with Crippen LogP contribution in [0.15, 0.2) is 24.3 Å². The highest BCUT2D eigenvalue weighted by molar-refractivity contribution is 7.19. The van der Waals surface area contributed by atoms with Crippen molar-refractivity contribution in [3.05, 3.63) is 34.7 Å². The summed E-state index contributed by atoms with van der Waals surface area (Å²) in [5.41, 5.74) is -0.229. The van der Waals surface area contributed by atoms with Gasteiger partial charge in [-0.1, -0.05) is 12.1 Å². The van der Waals surface area contributed by atoms with Gasteiger partial charge in [-0.05, 0) is 43.4 Å². The first-order valence-corrected chi connectivity index (χ1v) is 6.74. The summed E-state index contributed by atoms with van der Waals surface area (Å²) in [6, 6.07) is 6.04. The Bertz CT molecular complexity index is 656. The van der Waals surface area contributed by atoms with Crippen molar-refractivity contribution < 1.29 is 23.1 Å². The number of thiophene rings is 1. The molecule has 2 nitrogen and oxygen atoms in total. The largest absolute Gasteiger partial charge is 0.481 e. The average Bonchev–Trinajstić information content (AvgIpc) is 2.70. The van der Waals surface area contributed by atoms with Gasteiger partial charge < -0.3 is 5.11 Å². The average molecular weight is 302 g/mol. The van der Waals surface area contributed by atoms with Crippen LogP contribution in [0.25, 0.3) is 10.1 Å². The smallest absolute Gasteiger partial charge is 0.425 e. The molecule has 0 fully saturated rings. The van der Waals surface area contributed by atoms with Crippen LogP contribution in [0.3, 0.4) is 0 Å². The molecule has 0 unspecified atom stereocenters. The molecule has 0 aliphatic carbocycles. The lowest BCUT2D eigenvalue weighted by Gasteiger charge is -2.18. The van der Waals surface area contributed by atoms with Crippen LogP contribution in [0.4, 0.5) is 13.2 Å². The Balaban J connectivity index is 2.37. The van der Waals surface area contributed by atoms with Crippen LogP contribution in [-0.4, -0.2) is 11.1 Å². The van der Waals surface area contributed by atoms with Crippen LogP contribution < -0.4 is 0 Å².